The number of aromatic nitrogens is 5. The van der Waals surface area contributed by atoms with E-state index in [4.69, 9.17) is 14.3 Å². The first-order valence-electron chi connectivity index (χ1n) is 10.2. The van der Waals surface area contributed by atoms with Gasteiger partial charge in [-0.3, -0.25) is 0 Å². The number of oxime groups is 1. The molecular formula is C22H26N6O4. The molecule has 1 N–H and O–H groups in total. The SMILES string of the molecule is COc1ccc(/C=N/OCc2nc3c4c(C)c(C)n(CCCO)c4ncn3n2)cc1OC. The van der Waals surface area contributed by atoms with Gasteiger partial charge in [-0.1, -0.05) is 5.16 Å². The molecule has 10 nitrogen and oxygen atoms in total. The number of aliphatic hydroxyl groups excluding tert-OH is 1. The molecule has 0 saturated heterocycles. The number of hydrogen-bond acceptors (Lipinski definition) is 8. The second-order valence-corrected chi connectivity index (χ2v) is 7.30. The molecule has 1 aromatic carbocycles. The second kappa shape index (κ2) is 9.23. The smallest absolute Gasteiger partial charge is 0.192 e. The minimum Gasteiger partial charge on any atom is -0.493 e. The van der Waals surface area contributed by atoms with Gasteiger partial charge in [-0.2, -0.15) is 0 Å². The van der Waals surface area contributed by atoms with E-state index < -0.39 is 0 Å². The number of benzene rings is 1. The van der Waals surface area contributed by atoms with E-state index in [0.717, 1.165) is 33.5 Å². The molecule has 0 fully saturated rings. The van der Waals surface area contributed by atoms with Crippen molar-refractivity contribution in [1.29, 1.82) is 0 Å². The lowest BCUT2D eigenvalue weighted by molar-refractivity contribution is 0.126. The van der Waals surface area contributed by atoms with E-state index >= 15 is 0 Å². The molecule has 10 heteroatoms. The molecule has 0 aliphatic carbocycles. The van der Waals surface area contributed by atoms with Crippen molar-refractivity contribution in [3.8, 4) is 11.5 Å². The molecule has 0 radical (unpaired) electrons. The third-order valence-corrected chi connectivity index (χ3v) is 5.41. The quantitative estimate of drug-likeness (QED) is 0.316. The number of aliphatic hydroxyl groups is 1. The van der Waals surface area contributed by atoms with Crippen LogP contribution in [0.1, 0.15) is 29.1 Å². The predicted octanol–water partition coefficient (Wildman–Crippen LogP) is 2.65. The number of methoxy groups -OCH3 is 2. The van der Waals surface area contributed by atoms with E-state index in [9.17, 15) is 5.11 Å². The molecule has 0 aliphatic heterocycles. The Morgan fingerprint density at radius 2 is 1.94 bits per heavy atom. The second-order valence-electron chi connectivity index (χ2n) is 7.30. The Morgan fingerprint density at radius 1 is 1.12 bits per heavy atom. The molecule has 0 atom stereocenters. The van der Waals surface area contributed by atoms with E-state index in [1.165, 1.54) is 0 Å². The topological polar surface area (TPSA) is 108 Å². The number of ether oxygens (including phenoxy) is 2. The fourth-order valence-corrected chi connectivity index (χ4v) is 3.66. The third kappa shape index (κ3) is 3.96. The van der Waals surface area contributed by atoms with Crippen LogP contribution in [-0.4, -0.2) is 56.3 Å². The van der Waals surface area contributed by atoms with Crippen molar-refractivity contribution in [3.05, 3.63) is 47.2 Å². The van der Waals surface area contributed by atoms with Crippen molar-refractivity contribution in [3.63, 3.8) is 0 Å². The highest BCUT2D eigenvalue weighted by atomic mass is 16.6. The molecule has 3 aromatic heterocycles. The number of aryl methyl sites for hydroxylation is 2. The van der Waals surface area contributed by atoms with Crippen LogP contribution in [-0.2, 0) is 18.0 Å². The van der Waals surface area contributed by atoms with Crippen LogP contribution >= 0.6 is 0 Å². The molecule has 0 aliphatic rings. The Hall–Kier alpha value is -3.66. The van der Waals surface area contributed by atoms with Crippen molar-refractivity contribution in [1.82, 2.24) is 24.1 Å². The molecule has 4 rings (SSSR count). The molecule has 0 bridgehead atoms. The molecule has 32 heavy (non-hydrogen) atoms. The summed E-state index contributed by atoms with van der Waals surface area (Å²) < 4.78 is 14.3. The number of rotatable bonds is 9. The van der Waals surface area contributed by atoms with Crippen LogP contribution in [0.5, 0.6) is 11.5 Å². The van der Waals surface area contributed by atoms with Crippen molar-refractivity contribution in [2.45, 2.75) is 33.4 Å². The summed E-state index contributed by atoms with van der Waals surface area (Å²) in [5.74, 6) is 1.77. The first-order chi connectivity index (χ1) is 15.6. The Morgan fingerprint density at radius 3 is 2.69 bits per heavy atom. The van der Waals surface area contributed by atoms with Crippen molar-refractivity contribution in [2.24, 2.45) is 5.16 Å². The number of nitrogens with zero attached hydrogens (tertiary/aromatic N) is 6. The van der Waals surface area contributed by atoms with Gasteiger partial charge < -0.3 is 24.0 Å². The Labute approximate surface area is 185 Å². The van der Waals surface area contributed by atoms with E-state index in [2.05, 4.69) is 24.8 Å². The summed E-state index contributed by atoms with van der Waals surface area (Å²) in [5.41, 5.74) is 4.58. The highest BCUT2D eigenvalue weighted by Crippen LogP contribution is 2.28. The first kappa shape index (κ1) is 21.6. The Balaban J connectivity index is 1.53. The molecule has 168 valence electrons. The zero-order chi connectivity index (χ0) is 22.7. The van der Waals surface area contributed by atoms with Crippen LogP contribution in [0.15, 0.2) is 29.7 Å². The van der Waals surface area contributed by atoms with Gasteiger partial charge in [0.2, 0.25) is 0 Å². The molecule has 0 amide bonds. The average molecular weight is 438 g/mol. The monoisotopic (exact) mass is 438 g/mol. The van der Waals surface area contributed by atoms with E-state index in [-0.39, 0.29) is 13.2 Å². The van der Waals surface area contributed by atoms with Gasteiger partial charge in [0.05, 0.1) is 25.8 Å². The van der Waals surface area contributed by atoms with Gasteiger partial charge in [0.15, 0.2) is 29.6 Å². The van der Waals surface area contributed by atoms with Gasteiger partial charge in [0, 0.05) is 24.4 Å². The largest absolute Gasteiger partial charge is 0.493 e. The van der Waals surface area contributed by atoms with Crippen LogP contribution < -0.4 is 9.47 Å². The van der Waals surface area contributed by atoms with Gasteiger partial charge >= 0.3 is 0 Å². The maximum atomic E-state index is 9.20. The van der Waals surface area contributed by atoms with Gasteiger partial charge in [-0.05, 0) is 44.0 Å². The summed E-state index contributed by atoms with van der Waals surface area (Å²) >= 11 is 0. The fourth-order valence-electron chi connectivity index (χ4n) is 3.66. The zero-order valence-electron chi connectivity index (χ0n) is 18.6. The molecule has 4 aromatic rings. The maximum Gasteiger partial charge on any atom is 0.192 e. The average Bonchev–Trinajstić information content (AvgIpc) is 3.33. The minimum atomic E-state index is 0.121. The van der Waals surface area contributed by atoms with E-state index in [1.807, 2.05) is 26.0 Å². The number of hydrogen-bond donors (Lipinski definition) is 1. The lowest BCUT2D eigenvalue weighted by Crippen LogP contribution is -2.03. The highest BCUT2D eigenvalue weighted by Gasteiger charge is 2.17. The summed E-state index contributed by atoms with van der Waals surface area (Å²) in [6.45, 7) is 5.05. The van der Waals surface area contributed by atoms with Gasteiger partial charge in [-0.15, -0.1) is 5.10 Å². The third-order valence-electron chi connectivity index (χ3n) is 5.41. The standard InChI is InChI=1S/C22H26N6O4/c1-14-15(2)27(8-5-9-29)21-20(14)22-25-19(26-28(22)13-23-21)12-32-24-11-16-6-7-17(30-3)18(10-16)31-4/h6-7,10-11,13,29H,5,8-9,12H2,1-4H3/b24-11+. The summed E-state index contributed by atoms with van der Waals surface area (Å²) in [5, 5.41) is 18.6. The predicted molar refractivity (Wildman–Crippen MR) is 119 cm³/mol. The van der Waals surface area contributed by atoms with Crippen molar-refractivity contribution in [2.75, 3.05) is 20.8 Å². The normalized spacial score (nSPS) is 11.7. The summed E-state index contributed by atoms with van der Waals surface area (Å²) in [4.78, 5) is 14.6. The van der Waals surface area contributed by atoms with Crippen molar-refractivity contribution >= 4 is 22.9 Å². The van der Waals surface area contributed by atoms with Gasteiger partial charge in [0.25, 0.3) is 0 Å². The highest BCUT2D eigenvalue weighted by molar-refractivity contribution is 5.93. The van der Waals surface area contributed by atoms with Gasteiger partial charge in [0.1, 0.15) is 12.0 Å². The molecule has 3 heterocycles. The van der Waals surface area contributed by atoms with Gasteiger partial charge in [-0.25, -0.2) is 14.5 Å². The number of fused-ring (bicyclic) bond motifs is 3. The summed E-state index contributed by atoms with van der Waals surface area (Å²) in [6, 6.07) is 5.47. The fraction of sp³-hybridized carbons (Fsp3) is 0.364. The molecular weight excluding hydrogens is 412 g/mol. The van der Waals surface area contributed by atoms with Crippen LogP contribution in [0.25, 0.3) is 16.7 Å². The summed E-state index contributed by atoms with van der Waals surface area (Å²) in [6.07, 6.45) is 3.91. The van der Waals surface area contributed by atoms with Crippen molar-refractivity contribution < 1.29 is 19.4 Å². The van der Waals surface area contributed by atoms with Crippen LogP contribution in [0.4, 0.5) is 0 Å². The van der Waals surface area contributed by atoms with Crippen LogP contribution in [0.2, 0.25) is 0 Å². The van der Waals surface area contributed by atoms with Crippen LogP contribution in [0, 0.1) is 13.8 Å². The molecule has 0 unspecified atom stereocenters. The summed E-state index contributed by atoms with van der Waals surface area (Å²) in [7, 11) is 3.17. The Bertz CT molecular complexity index is 1280. The lowest BCUT2D eigenvalue weighted by atomic mass is 10.2. The van der Waals surface area contributed by atoms with E-state index in [1.54, 1.807) is 37.3 Å². The first-order valence-corrected chi connectivity index (χ1v) is 10.2. The Kier molecular flexibility index (Phi) is 6.22. The van der Waals surface area contributed by atoms with E-state index in [0.29, 0.717) is 30.3 Å². The maximum absolute atomic E-state index is 9.20. The molecule has 0 saturated carbocycles. The minimum absolute atomic E-state index is 0.121. The molecule has 0 spiro atoms. The zero-order valence-corrected chi connectivity index (χ0v) is 18.6. The van der Waals surface area contributed by atoms with Crippen LogP contribution in [0.3, 0.4) is 0 Å². The lowest BCUT2D eigenvalue weighted by Gasteiger charge is -2.07.